The summed E-state index contributed by atoms with van der Waals surface area (Å²) in [7, 11) is 0. The van der Waals surface area contributed by atoms with Crippen molar-refractivity contribution in [3.63, 3.8) is 0 Å². The van der Waals surface area contributed by atoms with E-state index in [1.807, 2.05) is 0 Å². The predicted molar refractivity (Wildman–Crippen MR) is 73.7 cm³/mol. The Kier molecular flexibility index (Phi) is 3.48. The highest BCUT2D eigenvalue weighted by Crippen LogP contribution is 2.39. The van der Waals surface area contributed by atoms with Gasteiger partial charge < -0.3 is 14.6 Å². The molecule has 0 aliphatic carbocycles. The van der Waals surface area contributed by atoms with Crippen LogP contribution in [0.15, 0.2) is 24.3 Å². The zero-order valence-electron chi connectivity index (χ0n) is 11.1. The van der Waals surface area contributed by atoms with Crippen LogP contribution in [0.4, 0.5) is 4.39 Å². The summed E-state index contributed by atoms with van der Waals surface area (Å²) in [5.41, 5.74) is 0.515. The number of thiazole rings is 1. The van der Waals surface area contributed by atoms with Crippen LogP contribution in [0.5, 0.6) is 0 Å². The number of aromatic nitrogens is 1. The van der Waals surface area contributed by atoms with Crippen LogP contribution >= 0.6 is 11.3 Å². The van der Waals surface area contributed by atoms with E-state index in [2.05, 4.69) is 4.98 Å². The molecule has 1 fully saturated rings. The second kappa shape index (κ2) is 5.18. The van der Waals surface area contributed by atoms with Crippen molar-refractivity contribution in [3.8, 4) is 10.4 Å². The van der Waals surface area contributed by atoms with Gasteiger partial charge >= 0.3 is 5.97 Å². The van der Waals surface area contributed by atoms with Gasteiger partial charge in [0.2, 0.25) is 5.79 Å². The largest absolute Gasteiger partial charge is 0.476 e. The molecule has 1 aromatic heterocycles. The van der Waals surface area contributed by atoms with Gasteiger partial charge in [-0.15, -0.1) is 11.3 Å². The van der Waals surface area contributed by atoms with Gasteiger partial charge in [-0.25, -0.2) is 14.2 Å². The molecule has 0 unspecified atom stereocenters. The van der Waals surface area contributed by atoms with Crippen molar-refractivity contribution >= 4 is 17.3 Å². The summed E-state index contributed by atoms with van der Waals surface area (Å²) in [6.45, 7) is 2.58. The van der Waals surface area contributed by atoms with E-state index in [0.717, 1.165) is 0 Å². The van der Waals surface area contributed by atoms with Crippen LogP contribution in [0.2, 0.25) is 0 Å². The molecule has 0 amide bonds. The van der Waals surface area contributed by atoms with E-state index >= 15 is 0 Å². The minimum atomic E-state index is -1.14. The molecule has 0 bridgehead atoms. The first-order chi connectivity index (χ1) is 9.99. The highest BCUT2D eigenvalue weighted by Gasteiger charge is 2.38. The first-order valence-electron chi connectivity index (χ1n) is 6.28. The van der Waals surface area contributed by atoms with Crippen LogP contribution in [0.25, 0.3) is 10.4 Å². The van der Waals surface area contributed by atoms with E-state index in [4.69, 9.17) is 9.47 Å². The van der Waals surface area contributed by atoms with Gasteiger partial charge in [0.1, 0.15) is 5.82 Å². The molecule has 21 heavy (non-hydrogen) atoms. The maximum Gasteiger partial charge on any atom is 0.356 e. The number of benzene rings is 1. The highest BCUT2D eigenvalue weighted by atomic mass is 32.1. The van der Waals surface area contributed by atoms with Crippen molar-refractivity contribution in [2.75, 3.05) is 13.2 Å². The number of ether oxygens (including phenoxy) is 2. The van der Waals surface area contributed by atoms with Crippen molar-refractivity contribution < 1.29 is 23.8 Å². The molecule has 0 atom stereocenters. The first kappa shape index (κ1) is 14.1. The summed E-state index contributed by atoms with van der Waals surface area (Å²) >= 11 is 1.18. The van der Waals surface area contributed by atoms with E-state index in [1.54, 1.807) is 6.92 Å². The zero-order valence-corrected chi connectivity index (χ0v) is 11.9. The van der Waals surface area contributed by atoms with Gasteiger partial charge in [-0.3, -0.25) is 0 Å². The normalized spacial score (nSPS) is 17.0. The summed E-state index contributed by atoms with van der Waals surface area (Å²) in [4.78, 5) is 16.0. The Hall–Kier alpha value is -1.83. The molecule has 5 nitrogen and oxygen atoms in total. The van der Waals surface area contributed by atoms with Gasteiger partial charge in [0.05, 0.1) is 18.1 Å². The lowest BCUT2D eigenvalue weighted by Gasteiger charge is -2.18. The number of carbonyl (C=O) groups is 1. The molecule has 1 aliphatic rings. The lowest BCUT2D eigenvalue weighted by Crippen LogP contribution is -2.22. The Labute approximate surface area is 124 Å². The molecule has 7 heteroatoms. The van der Waals surface area contributed by atoms with Crippen LogP contribution in [-0.2, 0) is 15.3 Å². The molecule has 2 aromatic rings. The van der Waals surface area contributed by atoms with E-state index < -0.39 is 11.8 Å². The first-order valence-corrected chi connectivity index (χ1v) is 7.10. The Morgan fingerprint density at radius 3 is 2.52 bits per heavy atom. The summed E-state index contributed by atoms with van der Waals surface area (Å²) in [6.07, 6.45) is 0. The number of halogens is 1. The summed E-state index contributed by atoms with van der Waals surface area (Å²) < 4.78 is 24.0. The quantitative estimate of drug-likeness (QED) is 0.944. The van der Waals surface area contributed by atoms with Crippen LogP contribution in [0.3, 0.4) is 0 Å². The minimum absolute atomic E-state index is 0.0815. The number of hydrogen-bond acceptors (Lipinski definition) is 5. The molecule has 1 aliphatic heterocycles. The van der Waals surface area contributed by atoms with Crippen LogP contribution in [0, 0.1) is 5.82 Å². The smallest absolute Gasteiger partial charge is 0.356 e. The molecule has 1 aromatic carbocycles. The van der Waals surface area contributed by atoms with Gasteiger partial charge in [0, 0.05) is 0 Å². The van der Waals surface area contributed by atoms with E-state index in [-0.39, 0.29) is 11.5 Å². The van der Waals surface area contributed by atoms with Gasteiger partial charge in [-0.1, -0.05) is 12.1 Å². The van der Waals surface area contributed by atoms with Gasteiger partial charge in [0.15, 0.2) is 10.7 Å². The second-order valence-electron chi connectivity index (χ2n) is 4.65. The maximum absolute atomic E-state index is 13.0. The molecule has 0 radical (unpaired) electrons. The molecule has 1 N–H and O–H groups in total. The Morgan fingerprint density at radius 1 is 1.33 bits per heavy atom. The van der Waals surface area contributed by atoms with Crippen LogP contribution < -0.4 is 0 Å². The molecular weight excluding hydrogens is 297 g/mol. The minimum Gasteiger partial charge on any atom is -0.476 e. The predicted octanol–water partition coefficient (Wildman–Crippen LogP) is 2.87. The molecule has 2 heterocycles. The van der Waals surface area contributed by atoms with Crippen molar-refractivity contribution in [1.82, 2.24) is 4.98 Å². The molecule has 1 saturated heterocycles. The van der Waals surface area contributed by atoms with E-state index in [1.165, 1.54) is 35.6 Å². The maximum atomic E-state index is 13.0. The lowest BCUT2D eigenvalue weighted by molar-refractivity contribution is -0.149. The van der Waals surface area contributed by atoms with Crippen LogP contribution in [-0.4, -0.2) is 29.3 Å². The summed E-state index contributed by atoms with van der Waals surface area (Å²) in [5, 5.41) is 9.75. The number of nitrogens with zero attached hydrogens (tertiary/aromatic N) is 1. The Balaban J connectivity index is 2.09. The third-order valence-electron chi connectivity index (χ3n) is 3.16. The fourth-order valence-electron chi connectivity index (χ4n) is 2.09. The van der Waals surface area contributed by atoms with Crippen molar-refractivity contribution in [1.29, 1.82) is 0 Å². The molecule has 0 saturated carbocycles. The van der Waals surface area contributed by atoms with E-state index in [0.29, 0.717) is 28.7 Å². The molecule has 110 valence electrons. The molecule has 3 rings (SSSR count). The SMILES string of the molecule is CC1(c2nc(C(=O)O)c(-c3ccc(F)cc3)s2)OCCO1. The third-order valence-corrected chi connectivity index (χ3v) is 4.45. The number of rotatable bonds is 3. The number of hydrogen-bond donors (Lipinski definition) is 1. The third kappa shape index (κ3) is 2.55. The average Bonchev–Trinajstić information content (AvgIpc) is 3.07. The topological polar surface area (TPSA) is 68.7 Å². The van der Waals surface area contributed by atoms with E-state index in [9.17, 15) is 14.3 Å². The molecular formula is C14H12FNO4S. The van der Waals surface area contributed by atoms with Crippen molar-refractivity contribution in [3.05, 3.63) is 40.8 Å². The fraction of sp³-hybridized carbons (Fsp3) is 0.286. The Bertz CT molecular complexity index is 677. The number of aromatic carboxylic acids is 1. The zero-order chi connectivity index (χ0) is 15.0. The fourth-order valence-corrected chi connectivity index (χ4v) is 3.21. The van der Waals surface area contributed by atoms with Gasteiger partial charge in [-0.05, 0) is 24.6 Å². The van der Waals surface area contributed by atoms with Crippen LogP contribution in [0.1, 0.15) is 22.4 Å². The number of carboxylic acids is 1. The monoisotopic (exact) mass is 309 g/mol. The van der Waals surface area contributed by atoms with Gasteiger partial charge in [-0.2, -0.15) is 0 Å². The standard InChI is InChI=1S/C14H12FNO4S/c1-14(19-6-7-20-14)13-16-10(12(17)18)11(21-13)8-2-4-9(15)5-3-8/h2-5H,6-7H2,1H3,(H,17,18). The average molecular weight is 309 g/mol. The molecule has 0 spiro atoms. The summed E-state index contributed by atoms with van der Waals surface area (Å²) in [6, 6.07) is 5.62. The van der Waals surface area contributed by atoms with Crippen molar-refractivity contribution in [2.24, 2.45) is 0 Å². The lowest BCUT2D eigenvalue weighted by atomic mass is 10.1. The second-order valence-corrected chi connectivity index (χ2v) is 5.65. The number of carboxylic acid groups (broad SMARTS) is 1. The van der Waals surface area contributed by atoms with Crippen molar-refractivity contribution in [2.45, 2.75) is 12.7 Å². The Morgan fingerprint density at radius 2 is 1.95 bits per heavy atom. The summed E-state index contributed by atoms with van der Waals surface area (Å²) in [5.74, 6) is -2.54. The van der Waals surface area contributed by atoms with Gasteiger partial charge in [0.25, 0.3) is 0 Å². The highest BCUT2D eigenvalue weighted by molar-refractivity contribution is 7.15.